The SMILES string of the molecule is O=CNCNC=O.SCS. The molecule has 2 amide bonds. The number of carbonyl (C=O) groups excluding carboxylic acids is 2. The van der Waals surface area contributed by atoms with Gasteiger partial charge in [0.25, 0.3) is 0 Å². The number of rotatable bonds is 4. The van der Waals surface area contributed by atoms with E-state index in [0.717, 1.165) is 0 Å². The smallest absolute Gasteiger partial charge is 0.208 e. The zero-order valence-corrected chi connectivity index (χ0v) is 7.07. The van der Waals surface area contributed by atoms with Crippen molar-refractivity contribution in [3.8, 4) is 0 Å². The van der Waals surface area contributed by atoms with Gasteiger partial charge in [-0.3, -0.25) is 9.59 Å². The van der Waals surface area contributed by atoms with Crippen LogP contribution >= 0.6 is 25.3 Å². The minimum absolute atomic E-state index is 0.201. The molecule has 60 valence electrons. The predicted molar refractivity (Wildman–Crippen MR) is 46.1 cm³/mol. The molecule has 0 aliphatic heterocycles. The minimum Gasteiger partial charge on any atom is -0.341 e. The van der Waals surface area contributed by atoms with Crippen molar-refractivity contribution in [1.29, 1.82) is 0 Å². The monoisotopic (exact) mass is 182 g/mol. The normalized spacial score (nSPS) is 6.60. The van der Waals surface area contributed by atoms with Crippen molar-refractivity contribution < 1.29 is 9.59 Å². The first-order valence-electron chi connectivity index (χ1n) is 2.39. The summed E-state index contributed by atoms with van der Waals surface area (Å²) in [5, 5.41) is 5.09. The molecule has 0 aliphatic rings. The van der Waals surface area contributed by atoms with E-state index in [-0.39, 0.29) is 6.67 Å². The second kappa shape index (κ2) is 15.9. The predicted octanol–water partition coefficient (Wildman–Crippen LogP) is -0.761. The van der Waals surface area contributed by atoms with Crippen molar-refractivity contribution in [1.82, 2.24) is 10.6 Å². The van der Waals surface area contributed by atoms with Crippen LogP contribution in [0.15, 0.2) is 0 Å². The van der Waals surface area contributed by atoms with Crippen molar-refractivity contribution in [3.63, 3.8) is 0 Å². The average Bonchev–Trinajstić information content (AvgIpc) is 1.91. The van der Waals surface area contributed by atoms with Crippen LogP contribution in [0, 0.1) is 0 Å². The van der Waals surface area contributed by atoms with Gasteiger partial charge in [-0.1, -0.05) is 0 Å². The Hall–Kier alpha value is -0.360. The summed E-state index contributed by atoms with van der Waals surface area (Å²) in [5.74, 6) is 0. The third-order valence-corrected chi connectivity index (χ3v) is 0.371. The quantitative estimate of drug-likeness (QED) is 0.200. The van der Waals surface area contributed by atoms with Gasteiger partial charge in [-0.15, -0.1) is 0 Å². The van der Waals surface area contributed by atoms with Gasteiger partial charge in [0, 0.05) is 5.08 Å². The maximum Gasteiger partial charge on any atom is 0.208 e. The van der Waals surface area contributed by atoms with E-state index in [1.165, 1.54) is 0 Å². The lowest BCUT2D eigenvalue weighted by molar-refractivity contribution is -0.110. The molecule has 0 radical (unpaired) electrons. The Bertz CT molecular complexity index is 73.7. The largest absolute Gasteiger partial charge is 0.341 e. The summed E-state index contributed by atoms with van der Waals surface area (Å²) >= 11 is 7.31. The topological polar surface area (TPSA) is 58.2 Å². The maximum atomic E-state index is 9.41. The zero-order valence-electron chi connectivity index (χ0n) is 5.28. The van der Waals surface area contributed by atoms with E-state index in [4.69, 9.17) is 0 Å². The average molecular weight is 182 g/mol. The van der Waals surface area contributed by atoms with Gasteiger partial charge < -0.3 is 10.6 Å². The van der Waals surface area contributed by atoms with Gasteiger partial charge in [0.1, 0.15) is 0 Å². The van der Waals surface area contributed by atoms with E-state index < -0.39 is 0 Å². The van der Waals surface area contributed by atoms with Crippen LogP contribution in [0.25, 0.3) is 0 Å². The van der Waals surface area contributed by atoms with Crippen LogP contribution in [0.3, 0.4) is 0 Å². The molecule has 0 spiro atoms. The van der Waals surface area contributed by atoms with E-state index in [1.807, 2.05) is 0 Å². The summed E-state index contributed by atoms with van der Waals surface area (Å²) in [7, 11) is 0. The molecule has 0 atom stereocenters. The van der Waals surface area contributed by atoms with E-state index in [1.54, 1.807) is 0 Å². The first kappa shape index (κ1) is 12.3. The molecule has 0 aromatic carbocycles. The summed E-state index contributed by atoms with van der Waals surface area (Å²) < 4.78 is 0. The van der Waals surface area contributed by atoms with Crippen molar-refractivity contribution in [2.24, 2.45) is 0 Å². The van der Waals surface area contributed by atoms with Crippen molar-refractivity contribution >= 4 is 38.1 Å². The highest BCUT2D eigenvalue weighted by Gasteiger charge is 1.71. The highest BCUT2D eigenvalue weighted by atomic mass is 32.2. The molecular weight excluding hydrogens is 172 g/mol. The van der Waals surface area contributed by atoms with Gasteiger partial charge in [-0.2, -0.15) is 25.3 Å². The molecular formula is C4H10N2O2S2. The van der Waals surface area contributed by atoms with Crippen LogP contribution in [0.1, 0.15) is 0 Å². The number of hydrogen-bond donors (Lipinski definition) is 4. The highest BCUT2D eigenvalue weighted by Crippen LogP contribution is 1.70. The molecule has 0 aromatic rings. The first-order valence-corrected chi connectivity index (χ1v) is 3.65. The van der Waals surface area contributed by atoms with E-state index in [9.17, 15) is 9.59 Å². The number of nitrogens with one attached hydrogen (secondary N) is 2. The van der Waals surface area contributed by atoms with Crippen LogP contribution in [-0.4, -0.2) is 24.6 Å². The van der Waals surface area contributed by atoms with Crippen LogP contribution in [-0.2, 0) is 9.59 Å². The molecule has 0 bridgehead atoms. The molecule has 0 aliphatic carbocycles. The third-order valence-electron chi connectivity index (χ3n) is 0.371. The summed E-state index contributed by atoms with van der Waals surface area (Å²) in [6.07, 6.45) is 1.02. The van der Waals surface area contributed by atoms with Crippen molar-refractivity contribution in [2.75, 3.05) is 11.8 Å². The number of amides is 2. The molecule has 2 N–H and O–H groups in total. The molecule has 0 heterocycles. The third kappa shape index (κ3) is 25.4. The molecule has 4 nitrogen and oxygen atoms in total. The lowest BCUT2D eigenvalue weighted by atomic mass is 11.0. The van der Waals surface area contributed by atoms with Crippen LogP contribution in [0.5, 0.6) is 0 Å². The Morgan fingerprint density at radius 3 is 1.60 bits per heavy atom. The van der Waals surface area contributed by atoms with Crippen molar-refractivity contribution in [3.05, 3.63) is 0 Å². The first-order chi connectivity index (χ1) is 4.83. The summed E-state index contributed by atoms with van der Waals surface area (Å²) in [5.41, 5.74) is 0. The van der Waals surface area contributed by atoms with E-state index >= 15 is 0 Å². The molecule has 6 heteroatoms. The minimum atomic E-state index is 0.201. The molecule has 10 heavy (non-hydrogen) atoms. The standard InChI is InChI=1S/C3H6N2O2.CH4S2/c6-2-4-1-5-3-7;2-1-3/h2-3H,1H2,(H,4,6)(H,5,7);2-3H,1H2. The van der Waals surface area contributed by atoms with Crippen LogP contribution < -0.4 is 10.6 Å². The van der Waals surface area contributed by atoms with Gasteiger partial charge in [0.15, 0.2) is 0 Å². The fraction of sp³-hybridized carbons (Fsp3) is 0.500. The summed E-state index contributed by atoms with van der Waals surface area (Å²) in [4.78, 5) is 18.8. The molecule has 0 aromatic heterocycles. The highest BCUT2D eigenvalue weighted by molar-refractivity contribution is 7.98. The maximum absolute atomic E-state index is 9.41. The summed E-state index contributed by atoms with van der Waals surface area (Å²) in [6.45, 7) is 0.201. The second-order valence-electron chi connectivity index (χ2n) is 0.962. The van der Waals surface area contributed by atoms with Crippen molar-refractivity contribution in [2.45, 2.75) is 0 Å². The number of hydrogen-bond acceptors (Lipinski definition) is 4. The molecule has 0 unspecified atom stereocenters. The van der Waals surface area contributed by atoms with E-state index in [2.05, 4.69) is 35.9 Å². The molecule has 0 saturated heterocycles. The van der Waals surface area contributed by atoms with Crippen LogP contribution in [0.2, 0.25) is 0 Å². The lowest BCUT2D eigenvalue weighted by Crippen LogP contribution is -2.26. The van der Waals surface area contributed by atoms with Gasteiger partial charge in [-0.05, 0) is 0 Å². The summed E-state index contributed by atoms with van der Waals surface area (Å²) in [6, 6.07) is 0. The number of thiol groups is 2. The zero-order chi connectivity index (χ0) is 8.24. The number of carbonyl (C=O) groups is 2. The Balaban J connectivity index is 0. The van der Waals surface area contributed by atoms with E-state index in [0.29, 0.717) is 17.9 Å². The molecule has 0 rings (SSSR count). The van der Waals surface area contributed by atoms with Crippen LogP contribution in [0.4, 0.5) is 0 Å². The second-order valence-corrected chi connectivity index (χ2v) is 2.09. The van der Waals surface area contributed by atoms with Gasteiger partial charge in [0.2, 0.25) is 12.8 Å². The lowest BCUT2D eigenvalue weighted by Gasteiger charge is -1.90. The van der Waals surface area contributed by atoms with Gasteiger partial charge in [0.05, 0.1) is 6.67 Å². The molecule has 0 saturated carbocycles. The Labute approximate surface area is 70.6 Å². The Morgan fingerprint density at radius 1 is 1.10 bits per heavy atom. The molecule has 0 fully saturated rings. The van der Waals surface area contributed by atoms with Gasteiger partial charge in [-0.25, -0.2) is 0 Å². The fourth-order valence-electron chi connectivity index (χ4n) is 0.142. The van der Waals surface area contributed by atoms with Gasteiger partial charge >= 0.3 is 0 Å². The Morgan fingerprint density at radius 2 is 1.40 bits per heavy atom. The Kier molecular flexibility index (Phi) is 19.5. The fourth-order valence-corrected chi connectivity index (χ4v) is 0.142.